The molecule has 0 unspecified atom stereocenters. The van der Waals surface area contributed by atoms with Crippen molar-refractivity contribution in [3.63, 3.8) is 0 Å². The van der Waals surface area contributed by atoms with Gasteiger partial charge in [-0.3, -0.25) is 9.69 Å². The van der Waals surface area contributed by atoms with Crippen molar-refractivity contribution in [2.45, 2.75) is 57.9 Å². The lowest BCUT2D eigenvalue weighted by Gasteiger charge is -2.40. The van der Waals surface area contributed by atoms with Crippen molar-refractivity contribution in [3.8, 4) is 16.9 Å². The van der Waals surface area contributed by atoms with Gasteiger partial charge in [0.1, 0.15) is 5.75 Å². The molecule has 4 heteroatoms. The first-order valence-corrected chi connectivity index (χ1v) is 13.1. The highest BCUT2D eigenvalue weighted by molar-refractivity contribution is 5.94. The number of benzene rings is 3. The number of hydrogen-bond acceptors (Lipinski definition) is 3. The van der Waals surface area contributed by atoms with Gasteiger partial charge in [0, 0.05) is 18.2 Å². The zero-order valence-electron chi connectivity index (χ0n) is 21.0. The molecule has 4 rings (SSSR count). The smallest absolute Gasteiger partial charge is 0.251 e. The molecule has 0 saturated carbocycles. The quantitative estimate of drug-likeness (QED) is 0.337. The molecule has 1 aliphatic carbocycles. The molecule has 35 heavy (non-hydrogen) atoms. The molecule has 0 fully saturated rings. The molecule has 1 amide bonds. The van der Waals surface area contributed by atoms with Gasteiger partial charge in [-0.2, -0.15) is 0 Å². The van der Waals surface area contributed by atoms with E-state index in [0.717, 1.165) is 61.9 Å². The Hall–Kier alpha value is -3.11. The molecule has 1 aliphatic rings. The van der Waals surface area contributed by atoms with E-state index in [1.165, 1.54) is 5.56 Å². The van der Waals surface area contributed by atoms with E-state index < -0.39 is 0 Å². The average molecular weight is 471 g/mol. The first-order valence-electron chi connectivity index (χ1n) is 13.1. The lowest BCUT2D eigenvalue weighted by atomic mass is 9.79. The van der Waals surface area contributed by atoms with Gasteiger partial charge in [-0.25, -0.2) is 0 Å². The van der Waals surface area contributed by atoms with E-state index in [4.69, 9.17) is 0 Å². The summed E-state index contributed by atoms with van der Waals surface area (Å²) >= 11 is 0. The number of phenolic OH excluding ortho intramolecular Hbond substituents is 1. The van der Waals surface area contributed by atoms with Crippen molar-refractivity contribution in [2.75, 3.05) is 19.6 Å². The summed E-state index contributed by atoms with van der Waals surface area (Å²) in [6.45, 7) is 7.36. The van der Waals surface area contributed by atoms with Crippen molar-refractivity contribution in [3.05, 3.63) is 89.5 Å². The molecule has 0 bridgehead atoms. The van der Waals surface area contributed by atoms with E-state index in [1.807, 2.05) is 54.6 Å². The summed E-state index contributed by atoms with van der Waals surface area (Å²) in [5.74, 6) is 0.851. The molecule has 0 radical (unpaired) electrons. The predicted octanol–water partition coefficient (Wildman–Crippen LogP) is 6.40. The van der Waals surface area contributed by atoms with Crippen LogP contribution in [-0.2, 0) is 6.42 Å². The molecular formula is C31H38N2O2. The normalized spacial score (nSPS) is 17.2. The third-order valence-electron chi connectivity index (χ3n) is 7.34. The number of aromatic hydroxyl groups is 1. The van der Waals surface area contributed by atoms with Crippen LogP contribution in [0.15, 0.2) is 72.8 Å². The molecular weight excluding hydrogens is 432 g/mol. The number of unbranched alkanes of at least 4 members (excludes halogenated alkanes) is 1. The van der Waals surface area contributed by atoms with Crippen LogP contribution in [0.25, 0.3) is 11.1 Å². The summed E-state index contributed by atoms with van der Waals surface area (Å²) in [7, 11) is 0. The topological polar surface area (TPSA) is 52.6 Å². The van der Waals surface area contributed by atoms with Crippen LogP contribution in [0.2, 0.25) is 0 Å². The number of amides is 1. The number of carbonyl (C=O) groups is 1. The minimum atomic E-state index is -0.00709. The number of fused-ring (bicyclic) bond motifs is 1. The third kappa shape index (κ3) is 6.12. The highest BCUT2D eigenvalue weighted by atomic mass is 16.3. The Morgan fingerprint density at radius 3 is 2.43 bits per heavy atom. The monoisotopic (exact) mass is 470 g/mol. The van der Waals surface area contributed by atoms with E-state index >= 15 is 0 Å². The van der Waals surface area contributed by atoms with Crippen LogP contribution in [0, 0.1) is 0 Å². The van der Waals surface area contributed by atoms with Crippen LogP contribution in [0.5, 0.6) is 5.75 Å². The summed E-state index contributed by atoms with van der Waals surface area (Å²) in [6, 6.07) is 24.5. The minimum absolute atomic E-state index is 0.00709. The lowest BCUT2D eigenvalue weighted by Crippen LogP contribution is -2.42. The second-order valence-corrected chi connectivity index (χ2v) is 9.68. The summed E-state index contributed by atoms with van der Waals surface area (Å²) in [6.07, 6.45) is 5.18. The van der Waals surface area contributed by atoms with Gasteiger partial charge in [-0.15, -0.1) is 0 Å². The average Bonchev–Trinajstić information content (AvgIpc) is 2.89. The van der Waals surface area contributed by atoms with Crippen LogP contribution in [-0.4, -0.2) is 41.6 Å². The zero-order valence-corrected chi connectivity index (χ0v) is 21.0. The van der Waals surface area contributed by atoms with Gasteiger partial charge in [0.15, 0.2) is 0 Å². The van der Waals surface area contributed by atoms with E-state index in [2.05, 4.69) is 42.3 Å². The Morgan fingerprint density at radius 2 is 1.69 bits per heavy atom. The number of hydrogen-bond donors (Lipinski definition) is 2. The van der Waals surface area contributed by atoms with Crippen LogP contribution in [0.4, 0.5) is 0 Å². The summed E-state index contributed by atoms with van der Waals surface area (Å²) < 4.78 is 0. The van der Waals surface area contributed by atoms with Gasteiger partial charge >= 0.3 is 0 Å². The standard InChI is InChI=1S/C31H38N2O2/c1-3-21-33(29-19-18-28-27(23(29)2)12-9-13-30(28)34)22-8-7-20-32-31(35)26-16-14-25(15-17-26)24-10-5-4-6-11-24/h4-6,9-17,23,29,34H,3,7-8,18-22H2,1-2H3,(H,32,35)/t23-,29+/m1/s1. The molecule has 0 aliphatic heterocycles. The van der Waals surface area contributed by atoms with Crippen molar-refractivity contribution in [2.24, 2.45) is 0 Å². The lowest BCUT2D eigenvalue weighted by molar-refractivity contribution is 0.0951. The number of carbonyl (C=O) groups excluding carboxylic acids is 1. The maximum atomic E-state index is 12.6. The van der Waals surface area contributed by atoms with Crippen LogP contribution >= 0.6 is 0 Å². The van der Waals surface area contributed by atoms with Crippen LogP contribution < -0.4 is 5.32 Å². The molecule has 0 saturated heterocycles. The summed E-state index contributed by atoms with van der Waals surface area (Å²) in [5, 5.41) is 13.3. The minimum Gasteiger partial charge on any atom is -0.508 e. The SMILES string of the molecule is CCCN(CCCCNC(=O)c1ccc(-c2ccccc2)cc1)[C@H]1CCc2c(O)cccc2[C@H]1C. The zero-order chi connectivity index (χ0) is 24.6. The Morgan fingerprint density at radius 1 is 0.943 bits per heavy atom. The fourth-order valence-corrected chi connectivity index (χ4v) is 5.46. The Kier molecular flexibility index (Phi) is 8.59. The Labute approximate surface area is 210 Å². The summed E-state index contributed by atoms with van der Waals surface area (Å²) in [4.78, 5) is 15.2. The number of nitrogens with one attached hydrogen (secondary N) is 1. The van der Waals surface area contributed by atoms with Crippen molar-refractivity contribution >= 4 is 5.91 Å². The molecule has 3 aromatic rings. The molecule has 2 N–H and O–H groups in total. The van der Waals surface area contributed by atoms with Crippen molar-refractivity contribution in [1.29, 1.82) is 0 Å². The highest BCUT2D eigenvalue weighted by Crippen LogP contribution is 2.38. The van der Waals surface area contributed by atoms with Gasteiger partial charge in [0.2, 0.25) is 0 Å². The van der Waals surface area contributed by atoms with Gasteiger partial charge in [0.25, 0.3) is 5.91 Å². The first kappa shape index (κ1) is 25.0. The molecule has 4 nitrogen and oxygen atoms in total. The van der Waals surface area contributed by atoms with E-state index in [-0.39, 0.29) is 5.91 Å². The van der Waals surface area contributed by atoms with Gasteiger partial charge < -0.3 is 10.4 Å². The van der Waals surface area contributed by atoms with E-state index in [0.29, 0.717) is 29.8 Å². The van der Waals surface area contributed by atoms with E-state index in [1.54, 1.807) is 0 Å². The fraction of sp³-hybridized carbons (Fsp3) is 0.387. The Balaban J connectivity index is 1.25. The van der Waals surface area contributed by atoms with Crippen molar-refractivity contribution < 1.29 is 9.90 Å². The highest BCUT2D eigenvalue weighted by Gasteiger charge is 2.31. The molecule has 0 heterocycles. The molecule has 184 valence electrons. The van der Waals surface area contributed by atoms with Crippen LogP contribution in [0.3, 0.4) is 0 Å². The van der Waals surface area contributed by atoms with Crippen LogP contribution in [0.1, 0.15) is 66.9 Å². The third-order valence-corrected chi connectivity index (χ3v) is 7.34. The van der Waals surface area contributed by atoms with Crippen molar-refractivity contribution in [1.82, 2.24) is 10.2 Å². The largest absolute Gasteiger partial charge is 0.508 e. The fourth-order valence-electron chi connectivity index (χ4n) is 5.46. The number of phenols is 1. The van der Waals surface area contributed by atoms with E-state index in [9.17, 15) is 9.90 Å². The second-order valence-electron chi connectivity index (χ2n) is 9.68. The maximum absolute atomic E-state index is 12.6. The first-order chi connectivity index (χ1) is 17.1. The molecule has 2 atom stereocenters. The number of nitrogens with zero attached hydrogens (tertiary/aromatic N) is 1. The number of rotatable bonds is 10. The molecule has 0 spiro atoms. The van der Waals surface area contributed by atoms with Gasteiger partial charge in [-0.1, -0.05) is 68.4 Å². The van der Waals surface area contributed by atoms with Gasteiger partial charge in [0.05, 0.1) is 0 Å². The second kappa shape index (κ2) is 12.0. The maximum Gasteiger partial charge on any atom is 0.251 e. The van der Waals surface area contributed by atoms with Gasteiger partial charge in [-0.05, 0) is 91.6 Å². The molecule has 0 aromatic heterocycles. The Bertz CT molecular complexity index is 1090. The predicted molar refractivity (Wildman–Crippen MR) is 144 cm³/mol. The molecule has 3 aromatic carbocycles. The summed E-state index contributed by atoms with van der Waals surface area (Å²) in [5.41, 5.74) is 5.41.